The van der Waals surface area contributed by atoms with E-state index in [-0.39, 0.29) is 0 Å². The molecule has 0 saturated carbocycles. The zero-order chi connectivity index (χ0) is 33.0. The number of anilines is 3. The number of furan rings is 1. The number of fused-ring (bicyclic) bond motifs is 6. The van der Waals surface area contributed by atoms with E-state index >= 15 is 0 Å². The summed E-state index contributed by atoms with van der Waals surface area (Å²) in [6.07, 6.45) is 1.90. The first-order valence-electron chi connectivity index (χ1n) is 16.9. The minimum Gasteiger partial charge on any atom is -0.456 e. The lowest BCUT2D eigenvalue weighted by atomic mass is 9.99. The normalized spacial score (nSPS) is 11.6. The third-order valence-electron chi connectivity index (χ3n) is 9.85. The summed E-state index contributed by atoms with van der Waals surface area (Å²) in [5.74, 6) is 0. The smallest absolute Gasteiger partial charge is 0.137 e. The molecule has 234 valence electrons. The summed E-state index contributed by atoms with van der Waals surface area (Å²) in [6, 6.07) is 62.8. The van der Waals surface area contributed by atoms with Crippen molar-refractivity contribution in [3.8, 4) is 22.3 Å². The van der Waals surface area contributed by atoms with Crippen molar-refractivity contribution < 1.29 is 4.42 Å². The Hall–Kier alpha value is -6.71. The topological polar surface area (TPSA) is 29.3 Å². The molecule has 0 unspecified atom stereocenters. The lowest BCUT2D eigenvalue weighted by Crippen LogP contribution is -2.11. The molecule has 0 fully saturated rings. The van der Waals surface area contributed by atoms with Crippen molar-refractivity contribution >= 4 is 71.4 Å². The van der Waals surface area contributed by atoms with Gasteiger partial charge in [-0.15, -0.1) is 0 Å². The Balaban J connectivity index is 1.15. The molecule has 0 aliphatic heterocycles. The number of nitrogens with zero attached hydrogens (tertiary/aromatic N) is 2. The summed E-state index contributed by atoms with van der Waals surface area (Å²) < 4.78 is 6.25. The molecule has 2 aromatic heterocycles. The van der Waals surface area contributed by atoms with Crippen LogP contribution in [0.2, 0.25) is 0 Å². The van der Waals surface area contributed by atoms with Crippen LogP contribution >= 0.6 is 0 Å². The third-order valence-corrected chi connectivity index (χ3v) is 9.85. The maximum atomic E-state index is 6.25. The van der Waals surface area contributed by atoms with Crippen LogP contribution in [0.3, 0.4) is 0 Å². The Labute approximate surface area is 289 Å². The van der Waals surface area contributed by atoms with Crippen LogP contribution in [-0.4, -0.2) is 4.98 Å². The van der Waals surface area contributed by atoms with Crippen LogP contribution in [-0.2, 0) is 0 Å². The fourth-order valence-corrected chi connectivity index (χ4v) is 7.34. The SMILES string of the molecule is c1cc(-c2ccc3ccccc3c2)cc(N(c2ccc(-c3ccc4ccccc4c3)cc2)c2ccnc3cc4oc5ccccc5c4cc23)c1. The molecule has 10 aromatic rings. The average molecular weight is 639 g/mol. The van der Waals surface area contributed by atoms with E-state index in [9.17, 15) is 0 Å². The second-order valence-electron chi connectivity index (χ2n) is 12.9. The predicted octanol–water partition coefficient (Wildman–Crippen LogP) is 13.2. The average Bonchev–Trinajstić information content (AvgIpc) is 3.55. The van der Waals surface area contributed by atoms with Gasteiger partial charge in [0.2, 0.25) is 0 Å². The van der Waals surface area contributed by atoms with E-state index < -0.39 is 0 Å². The minimum absolute atomic E-state index is 0.841. The number of pyridine rings is 1. The van der Waals surface area contributed by atoms with Gasteiger partial charge in [0, 0.05) is 39.8 Å². The Morgan fingerprint density at radius 3 is 1.78 bits per heavy atom. The number of hydrogen-bond acceptors (Lipinski definition) is 3. The number of benzene rings is 8. The van der Waals surface area contributed by atoms with Crippen molar-refractivity contribution in [1.29, 1.82) is 0 Å². The fraction of sp³-hybridized carbons (Fsp3) is 0. The van der Waals surface area contributed by atoms with E-state index in [4.69, 9.17) is 9.40 Å². The zero-order valence-electron chi connectivity index (χ0n) is 27.1. The van der Waals surface area contributed by atoms with Crippen LogP contribution in [0.1, 0.15) is 0 Å². The largest absolute Gasteiger partial charge is 0.456 e. The van der Waals surface area contributed by atoms with Gasteiger partial charge < -0.3 is 9.32 Å². The summed E-state index contributed by atoms with van der Waals surface area (Å²) >= 11 is 0. The maximum Gasteiger partial charge on any atom is 0.137 e. The van der Waals surface area contributed by atoms with E-state index in [0.29, 0.717) is 0 Å². The Morgan fingerprint density at radius 2 is 1.02 bits per heavy atom. The lowest BCUT2D eigenvalue weighted by Gasteiger charge is -2.27. The molecule has 8 aromatic carbocycles. The number of para-hydroxylation sites is 1. The van der Waals surface area contributed by atoms with Gasteiger partial charge in [-0.1, -0.05) is 115 Å². The monoisotopic (exact) mass is 638 g/mol. The van der Waals surface area contributed by atoms with Gasteiger partial charge in [-0.3, -0.25) is 4.98 Å². The van der Waals surface area contributed by atoms with Crippen LogP contribution in [0, 0.1) is 0 Å². The molecule has 0 N–H and O–H groups in total. The number of rotatable bonds is 5. The third kappa shape index (κ3) is 4.79. The second kappa shape index (κ2) is 11.5. The number of hydrogen-bond donors (Lipinski definition) is 0. The quantitative estimate of drug-likeness (QED) is 0.188. The first-order valence-corrected chi connectivity index (χ1v) is 16.9. The van der Waals surface area contributed by atoms with Gasteiger partial charge in [0.25, 0.3) is 0 Å². The molecule has 3 heteroatoms. The highest BCUT2D eigenvalue weighted by molar-refractivity contribution is 6.12. The fourth-order valence-electron chi connectivity index (χ4n) is 7.34. The van der Waals surface area contributed by atoms with Crippen LogP contribution < -0.4 is 4.90 Å². The molecule has 10 rings (SSSR count). The highest BCUT2D eigenvalue weighted by atomic mass is 16.3. The van der Waals surface area contributed by atoms with Crippen molar-refractivity contribution in [2.24, 2.45) is 0 Å². The van der Waals surface area contributed by atoms with Crippen molar-refractivity contribution in [1.82, 2.24) is 4.98 Å². The maximum absolute atomic E-state index is 6.25. The van der Waals surface area contributed by atoms with Gasteiger partial charge in [0.15, 0.2) is 0 Å². The molecular weight excluding hydrogens is 609 g/mol. The molecule has 3 nitrogen and oxygen atoms in total. The van der Waals surface area contributed by atoms with Crippen LogP contribution in [0.25, 0.3) is 76.6 Å². The minimum atomic E-state index is 0.841. The van der Waals surface area contributed by atoms with Crippen molar-refractivity contribution in [3.63, 3.8) is 0 Å². The molecule has 0 amide bonds. The molecule has 0 aliphatic rings. The summed E-state index contributed by atoms with van der Waals surface area (Å²) in [7, 11) is 0. The highest BCUT2D eigenvalue weighted by Gasteiger charge is 2.19. The lowest BCUT2D eigenvalue weighted by molar-refractivity contribution is 0.669. The Morgan fingerprint density at radius 1 is 0.380 bits per heavy atom. The van der Waals surface area contributed by atoms with E-state index in [1.807, 2.05) is 18.3 Å². The highest BCUT2D eigenvalue weighted by Crippen LogP contribution is 2.42. The molecule has 2 heterocycles. The van der Waals surface area contributed by atoms with Gasteiger partial charge in [0.1, 0.15) is 11.2 Å². The van der Waals surface area contributed by atoms with Crippen molar-refractivity contribution in [2.75, 3.05) is 4.90 Å². The van der Waals surface area contributed by atoms with Crippen LogP contribution in [0.15, 0.2) is 187 Å². The zero-order valence-corrected chi connectivity index (χ0v) is 27.1. The standard InChI is InChI=1S/C47H30N2O/c1-3-10-34-26-37(18-16-31(34)8-1)33-20-22-39(23-21-33)49(40-13-7-12-36(28-40)38-19-17-32-9-2-4-11-35(32)27-38)45-24-25-48-44-30-47-42(29-43(44)45)41-14-5-6-15-46(41)50-47/h1-30H. The Bertz CT molecular complexity index is 2890. The van der Waals surface area contributed by atoms with Gasteiger partial charge in [0.05, 0.1) is 11.2 Å². The molecule has 0 bridgehead atoms. The molecular formula is C47H30N2O. The molecule has 0 saturated heterocycles. The van der Waals surface area contributed by atoms with E-state index in [2.05, 4.69) is 169 Å². The van der Waals surface area contributed by atoms with Crippen LogP contribution in [0.4, 0.5) is 17.1 Å². The van der Waals surface area contributed by atoms with E-state index in [1.54, 1.807) is 0 Å². The molecule has 0 radical (unpaired) electrons. The summed E-state index contributed by atoms with van der Waals surface area (Å²) in [5.41, 5.74) is 10.5. The Kier molecular flexibility index (Phi) is 6.49. The second-order valence-corrected chi connectivity index (χ2v) is 12.9. The van der Waals surface area contributed by atoms with E-state index in [0.717, 1.165) is 55.5 Å². The van der Waals surface area contributed by atoms with Gasteiger partial charge in [-0.25, -0.2) is 0 Å². The molecule has 50 heavy (non-hydrogen) atoms. The van der Waals surface area contributed by atoms with Gasteiger partial charge >= 0.3 is 0 Å². The summed E-state index contributed by atoms with van der Waals surface area (Å²) in [6.45, 7) is 0. The van der Waals surface area contributed by atoms with Crippen molar-refractivity contribution in [2.45, 2.75) is 0 Å². The first-order chi connectivity index (χ1) is 24.7. The molecule has 0 spiro atoms. The van der Waals surface area contributed by atoms with Crippen LogP contribution in [0.5, 0.6) is 0 Å². The summed E-state index contributed by atoms with van der Waals surface area (Å²) in [5, 5.41) is 8.19. The first kappa shape index (κ1) is 28.3. The summed E-state index contributed by atoms with van der Waals surface area (Å²) in [4.78, 5) is 7.17. The van der Waals surface area contributed by atoms with Gasteiger partial charge in [-0.2, -0.15) is 0 Å². The van der Waals surface area contributed by atoms with E-state index in [1.165, 1.54) is 38.2 Å². The molecule has 0 aliphatic carbocycles. The molecule has 0 atom stereocenters. The predicted molar refractivity (Wildman–Crippen MR) is 210 cm³/mol. The van der Waals surface area contributed by atoms with Crippen molar-refractivity contribution in [3.05, 3.63) is 182 Å². The van der Waals surface area contributed by atoms with Gasteiger partial charge in [-0.05, 0) is 98.4 Å². The number of aromatic nitrogens is 1.